The zero-order valence-electron chi connectivity index (χ0n) is 7.96. The van der Waals surface area contributed by atoms with E-state index in [9.17, 15) is 4.79 Å². The predicted octanol–water partition coefficient (Wildman–Crippen LogP) is 3.62. The quantitative estimate of drug-likeness (QED) is 0.865. The molecule has 0 heterocycles. The van der Waals surface area contributed by atoms with E-state index in [0.717, 1.165) is 0 Å². The Hall–Kier alpha value is -1.19. The third-order valence-electron chi connectivity index (χ3n) is 1.41. The summed E-state index contributed by atoms with van der Waals surface area (Å²) < 4.78 is 4.91. The van der Waals surface area contributed by atoms with Crippen LogP contribution in [0, 0.1) is 0 Å². The number of carbonyl (C=O) groups is 1. The molecule has 0 aromatic heterocycles. The highest BCUT2D eigenvalue weighted by molar-refractivity contribution is 6.34. The SMILES string of the molecule is CC=CNC(=O)Oc1cc(Cl)cc(Cl)c1. The maximum Gasteiger partial charge on any atom is 0.416 e. The van der Waals surface area contributed by atoms with Crippen LogP contribution < -0.4 is 10.1 Å². The van der Waals surface area contributed by atoms with Crippen LogP contribution in [0.25, 0.3) is 0 Å². The minimum atomic E-state index is -0.591. The second kappa shape index (κ2) is 5.63. The summed E-state index contributed by atoms with van der Waals surface area (Å²) in [4.78, 5) is 11.1. The van der Waals surface area contributed by atoms with E-state index in [1.165, 1.54) is 18.3 Å². The van der Waals surface area contributed by atoms with Crippen molar-refractivity contribution in [1.29, 1.82) is 0 Å². The predicted molar refractivity (Wildman–Crippen MR) is 60.4 cm³/mol. The summed E-state index contributed by atoms with van der Waals surface area (Å²) in [5.41, 5.74) is 0. The Balaban J connectivity index is 2.68. The largest absolute Gasteiger partial charge is 0.416 e. The molecule has 0 fully saturated rings. The minimum Gasteiger partial charge on any atom is -0.410 e. The number of ether oxygens (including phenoxy) is 1. The number of nitrogens with one attached hydrogen (secondary N) is 1. The standard InChI is InChI=1S/C10H9Cl2NO2/c1-2-3-13-10(14)15-9-5-7(11)4-8(12)6-9/h2-6H,1H3,(H,13,14). The number of rotatable bonds is 2. The van der Waals surface area contributed by atoms with E-state index in [2.05, 4.69) is 5.32 Å². The van der Waals surface area contributed by atoms with Gasteiger partial charge in [-0.05, 0) is 25.1 Å². The van der Waals surface area contributed by atoms with Crippen LogP contribution in [0.3, 0.4) is 0 Å². The molecule has 1 aromatic carbocycles. The smallest absolute Gasteiger partial charge is 0.410 e. The van der Waals surface area contributed by atoms with E-state index in [0.29, 0.717) is 15.8 Å². The molecule has 0 aliphatic rings. The van der Waals surface area contributed by atoms with Gasteiger partial charge in [0, 0.05) is 16.2 Å². The average Bonchev–Trinajstić information content (AvgIpc) is 2.13. The Morgan fingerprint density at radius 2 is 1.93 bits per heavy atom. The molecule has 0 aliphatic carbocycles. The van der Waals surface area contributed by atoms with Gasteiger partial charge in [-0.15, -0.1) is 0 Å². The molecule has 0 saturated heterocycles. The summed E-state index contributed by atoms with van der Waals surface area (Å²) in [6, 6.07) is 4.56. The first-order valence-corrected chi connectivity index (χ1v) is 4.93. The lowest BCUT2D eigenvalue weighted by Gasteiger charge is -2.04. The van der Waals surface area contributed by atoms with Crippen LogP contribution >= 0.6 is 23.2 Å². The van der Waals surface area contributed by atoms with Gasteiger partial charge in [0.2, 0.25) is 0 Å². The Kier molecular flexibility index (Phi) is 4.46. The molecule has 3 nitrogen and oxygen atoms in total. The van der Waals surface area contributed by atoms with Crippen molar-refractivity contribution >= 4 is 29.3 Å². The van der Waals surface area contributed by atoms with E-state index in [4.69, 9.17) is 27.9 Å². The first-order valence-electron chi connectivity index (χ1n) is 4.17. The molecule has 80 valence electrons. The molecule has 0 atom stereocenters. The highest BCUT2D eigenvalue weighted by Crippen LogP contribution is 2.24. The van der Waals surface area contributed by atoms with Gasteiger partial charge in [-0.2, -0.15) is 0 Å². The van der Waals surface area contributed by atoms with Crippen LogP contribution in [0.1, 0.15) is 6.92 Å². The van der Waals surface area contributed by atoms with Crippen molar-refractivity contribution in [3.05, 3.63) is 40.5 Å². The molecular formula is C10H9Cl2NO2. The zero-order valence-corrected chi connectivity index (χ0v) is 9.47. The number of carbonyl (C=O) groups excluding carboxylic acids is 1. The highest BCUT2D eigenvalue weighted by Gasteiger charge is 2.04. The van der Waals surface area contributed by atoms with Gasteiger partial charge in [-0.3, -0.25) is 5.32 Å². The van der Waals surface area contributed by atoms with Gasteiger partial charge < -0.3 is 4.74 Å². The number of benzene rings is 1. The molecular weight excluding hydrogens is 237 g/mol. The Morgan fingerprint density at radius 3 is 2.47 bits per heavy atom. The zero-order chi connectivity index (χ0) is 11.3. The maximum atomic E-state index is 11.1. The first-order chi connectivity index (χ1) is 7.11. The van der Waals surface area contributed by atoms with Gasteiger partial charge in [0.15, 0.2) is 0 Å². The fraction of sp³-hybridized carbons (Fsp3) is 0.100. The Bertz CT molecular complexity index is 371. The second-order valence-corrected chi connectivity index (χ2v) is 3.51. The number of hydrogen-bond donors (Lipinski definition) is 1. The minimum absolute atomic E-state index is 0.300. The molecule has 1 rings (SSSR count). The lowest BCUT2D eigenvalue weighted by Crippen LogP contribution is -2.21. The molecule has 0 saturated carbocycles. The number of hydrogen-bond acceptors (Lipinski definition) is 2. The third-order valence-corrected chi connectivity index (χ3v) is 1.85. The van der Waals surface area contributed by atoms with Crippen LogP contribution in [0.4, 0.5) is 4.79 Å². The topological polar surface area (TPSA) is 38.3 Å². The average molecular weight is 246 g/mol. The number of amides is 1. The molecule has 1 amide bonds. The highest BCUT2D eigenvalue weighted by atomic mass is 35.5. The monoisotopic (exact) mass is 245 g/mol. The lowest BCUT2D eigenvalue weighted by molar-refractivity contribution is 0.204. The molecule has 0 aliphatic heterocycles. The van der Waals surface area contributed by atoms with E-state index in [1.807, 2.05) is 0 Å². The Labute approximate surface area is 97.6 Å². The van der Waals surface area contributed by atoms with Gasteiger partial charge in [0.25, 0.3) is 0 Å². The van der Waals surface area contributed by atoms with Crippen LogP contribution in [-0.2, 0) is 0 Å². The second-order valence-electron chi connectivity index (χ2n) is 2.64. The van der Waals surface area contributed by atoms with Crippen LogP contribution in [0.5, 0.6) is 5.75 Å². The van der Waals surface area contributed by atoms with Crippen molar-refractivity contribution < 1.29 is 9.53 Å². The molecule has 0 spiro atoms. The summed E-state index contributed by atoms with van der Waals surface area (Å²) in [5.74, 6) is 0.300. The van der Waals surface area contributed by atoms with Gasteiger partial charge in [-0.25, -0.2) is 4.79 Å². The van der Waals surface area contributed by atoms with Crippen LogP contribution in [0.15, 0.2) is 30.5 Å². The lowest BCUT2D eigenvalue weighted by atomic mass is 10.3. The maximum absolute atomic E-state index is 11.1. The molecule has 0 unspecified atom stereocenters. The Morgan fingerprint density at radius 1 is 1.33 bits per heavy atom. The fourth-order valence-corrected chi connectivity index (χ4v) is 1.38. The van der Waals surface area contributed by atoms with Crippen LogP contribution in [-0.4, -0.2) is 6.09 Å². The van der Waals surface area contributed by atoms with E-state index in [-0.39, 0.29) is 0 Å². The number of allylic oxidation sites excluding steroid dienone is 1. The summed E-state index contributed by atoms with van der Waals surface area (Å²) in [6.45, 7) is 1.77. The van der Waals surface area contributed by atoms with E-state index < -0.39 is 6.09 Å². The molecule has 0 radical (unpaired) electrons. The molecule has 1 aromatic rings. The molecule has 5 heteroatoms. The van der Waals surface area contributed by atoms with Gasteiger partial charge in [-0.1, -0.05) is 29.3 Å². The van der Waals surface area contributed by atoms with E-state index >= 15 is 0 Å². The molecule has 15 heavy (non-hydrogen) atoms. The van der Waals surface area contributed by atoms with Crippen molar-refractivity contribution in [3.8, 4) is 5.75 Å². The van der Waals surface area contributed by atoms with Crippen molar-refractivity contribution in [3.63, 3.8) is 0 Å². The van der Waals surface area contributed by atoms with Crippen molar-refractivity contribution in [1.82, 2.24) is 5.32 Å². The number of halogens is 2. The van der Waals surface area contributed by atoms with Gasteiger partial charge >= 0.3 is 6.09 Å². The summed E-state index contributed by atoms with van der Waals surface area (Å²) in [5, 5.41) is 3.22. The summed E-state index contributed by atoms with van der Waals surface area (Å²) in [6.07, 6.45) is 2.55. The van der Waals surface area contributed by atoms with Crippen molar-refractivity contribution in [2.75, 3.05) is 0 Å². The summed E-state index contributed by atoms with van der Waals surface area (Å²) >= 11 is 11.5. The molecule has 0 bridgehead atoms. The van der Waals surface area contributed by atoms with Crippen LogP contribution in [0.2, 0.25) is 10.0 Å². The van der Waals surface area contributed by atoms with Crippen molar-refractivity contribution in [2.45, 2.75) is 6.92 Å². The summed E-state index contributed by atoms with van der Waals surface area (Å²) in [7, 11) is 0. The van der Waals surface area contributed by atoms with Gasteiger partial charge in [0.1, 0.15) is 5.75 Å². The van der Waals surface area contributed by atoms with E-state index in [1.54, 1.807) is 19.1 Å². The molecule has 1 N–H and O–H groups in total. The fourth-order valence-electron chi connectivity index (χ4n) is 0.875. The third kappa shape index (κ3) is 4.23. The van der Waals surface area contributed by atoms with Gasteiger partial charge in [0.05, 0.1) is 0 Å². The first kappa shape index (κ1) is 11.9. The normalized spacial score (nSPS) is 10.3. The van der Waals surface area contributed by atoms with Crippen molar-refractivity contribution in [2.24, 2.45) is 0 Å².